The molecule has 6 N–H and O–H groups in total. The highest BCUT2D eigenvalue weighted by molar-refractivity contribution is 6.08. The monoisotopic (exact) mass is 516 g/mol. The quantitative estimate of drug-likeness (QED) is 0.167. The Morgan fingerprint density at radius 1 is 0.395 bits per heavy atom. The summed E-state index contributed by atoms with van der Waals surface area (Å²) in [6, 6.07) is 21.8. The number of rotatable bonds is 6. The van der Waals surface area contributed by atoms with Crippen molar-refractivity contribution in [2.24, 2.45) is 0 Å². The number of para-hydroxylation sites is 4. The second-order valence-electron chi connectivity index (χ2n) is 7.84. The van der Waals surface area contributed by atoms with Crippen LogP contribution in [-0.2, 0) is 0 Å². The first-order chi connectivity index (χ1) is 18.4. The van der Waals surface area contributed by atoms with Crippen molar-refractivity contribution < 1.29 is 23.2 Å². The van der Waals surface area contributed by atoms with Gasteiger partial charge in [0.25, 0.3) is 0 Å². The van der Waals surface area contributed by atoms with Gasteiger partial charge < -0.3 is 31.9 Å². The number of hydrogen-bond donors (Lipinski definition) is 6. The lowest BCUT2D eigenvalue weighted by atomic mass is 10.2. The summed E-state index contributed by atoms with van der Waals surface area (Å²) in [5.41, 5.74) is 2.01. The first-order valence-electron chi connectivity index (χ1n) is 11.3. The summed E-state index contributed by atoms with van der Waals surface area (Å²) in [7, 11) is 0. The third kappa shape index (κ3) is 7.28. The molecule has 192 valence electrons. The summed E-state index contributed by atoms with van der Waals surface area (Å²) < 4.78 is 26.2. The molecule has 0 fully saturated rings. The molecule has 0 aliphatic rings. The Morgan fingerprint density at radius 3 is 0.947 bits per heavy atom. The van der Waals surface area contributed by atoms with Crippen LogP contribution in [0.5, 0.6) is 0 Å². The van der Waals surface area contributed by atoms with Crippen LogP contribution in [0.1, 0.15) is 0 Å². The van der Waals surface area contributed by atoms with Gasteiger partial charge in [0.15, 0.2) is 0 Å². The standard InChI is InChI=1S/C27H22F2N6O3/c28-17-9-13-19(14-10-17)30-25(36)32-21-5-1-3-7-23(21)34-27(38)35-24-8-4-2-6-22(24)33-26(37)31-20-15-11-18(29)12-16-20/h1-16H,(H2,30,32,36)(H2,31,33,37)(H2,34,35,38). The summed E-state index contributed by atoms with van der Waals surface area (Å²) in [4.78, 5) is 37.5. The number of halogens is 2. The maximum absolute atomic E-state index is 13.1. The van der Waals surface area contributed by atoms with Gasteiger partial charge in [0, 0.05) is 11.4 Å². The zero-order valence-electron chi connectivity index (χ0n) is 19.7. The van der Waals surface area contributed by atoms with Crippen LogP contribution in [0.2, 0.25) is 0 Å². The van der Waals surface area contributed by atoms with Crippen LogP contribution in [-0.4, -0.2) is 18.1 Å². The Balaban J connectivity index is 1.38. The van der Waals surface area contributed by atoms with Crippen LogP contribution < -0.4 is 31.9 Å². The first-order valence-corrected chi connectivity index (χ1v) is 11.3. The minimum absolute atomic E-state index is 0.304. The van der Waals surface area contributed by atoms with Gasteiger partial charge in [-0.2, -0.15) is 0 Å². The molecule has 0 saturated heterocycles. The Kier molecular flexibility index (Phi) is 8.09. The third-order valence-electron chi connectivity index (χ3n) is 5.05. The number of nitrogens with one attached hydrogen (secondary N) is 6. The second kappa shape index (κ2) is 12.0. The fraction of sp³-hybridized carbons (Fsp3) is 0. The summed E-state index contributed by atoms with van der Waals surface area (Å²) in [5.74, 6) is -0.858. The SMILES string of the molecule is O=C(Nc1ccc(F)cc1)Nc1ccccc1NC(=O)Nc1ccccc1NC(=O)Nc1ccc(F)cc1. The van der Waals surface area contributed by atoms with E-state index < -0.39 is 29.7 Å². The van der Waals surface area contributed by atoms with Gasteiger partial charge in [-0.3, -0.25) is 0 Å². The molecule has 0 radical (unpaired) electrons. The average molecular weight is 517 g/mol. The van der Waals surface area contributed by atoms with Gasteiger partial charge in [-0.1, -0.05) is 24.3 Å². The molecule has 0 heterocycles. The van der Waals surface area contributed by atoms with E-state index in [0.717, 1.165) is 0 Å². The number of amides is 6. The molecule has 9 nitrogen and oxygen atoms in total. The third-order valence-corrected chi connectivity index (χ3v) is 5.05. The Hall–Kier alpha value is -5.45. The van der Waals surface area contributed by atoms with Crippen molar-refractivity contribution in [2.45, 2.75) is 0 Å². The predicted octanol–water partition coefficient (Wildman–Crippen LogP) is 6.90. The van der Waals surface area contributed by atoms with Crippen molar-refractivity contribution in [1.82, 2.24) is 0 Å². The van der Waals surface area contributed by atoms with Gasteiger partial charge in [-0.15, -0.1) is 0 Å². The smallest absolute Gasteiger partial charge is 0.308 e. The van der Waals surface area contributed by atoms with E-state index in [0.29, 0.717) is 34.1 Å². The van der Waals surface area contributed by atoms with Gasteiger partial charge in [-0.25, -0.2) is 23.2 Å². The van der Waals surface area contributed by atoms with Gasteiger partial charge in [0.1, 0.15) is 11.6 Å². The van der Waals surface area contributed by atoms with Crippen molar-refractivity contribution in [2.75, 3.05) is 31.9 Å². The molecule has 0 saturated carbocycles. The van der Waals surface area contributed by atoms with Crippen LogP contribution in [0.3, 0.4) is 0 Å². The lowest BCUT2D eigenvalue weighted by molar-refractivity contribution is 0.261. The summed E-state index contributed by atoms with van der Waals surface area (Å²) >= 11 is 0. The summed E-state index contributed by atoms with van der Waals surface area (Å²) in [6.45, 7) is 0. The molecular weight excluding hydrogens is 494 g/mol. The average Bonchev–Trinajstić information content (AvgIpc) is 2.89. The van der Waals surface area contributed by atoms with E-state index in [9.17, 15) is 23.2 Å². The highest BCUT2D eigenvalue weighted by Crippen LogP contribution is 2.24. The maximum atomic E-state index is 13.1. The highest BCUT2D eigenvalue weighted by Gasteiger charge is 2.13. The van der Waals surface area contributed by atoms with Crippen molar-refractivity contribution in [3.63, 3.8) is 0 Å². The van der Waals surface area contributed by atoms with E-state index in [2.05, 4.69) is 31.9 Å². The molecule has 4 rings (SSSR count). The van der Waals surface area contributed by atoms with E-state index in [1.54, 1.807) is 48.5 Å². The molecule has 38 heavy (non-hydrogen) atoms. The Labute approximate surface area is 216 Å². The van der Waals surface area contributed by atoms with Gasteiger partial charge in [-0.05, 0) is 72.8 Å². The van der Waals surface area contributed by atoms with Crippen molar-refractivity contribution >= 4 is 52.2 Å². The highest BCUT2D eigenvalue weighted by atomic mass is 19.1. The second-order valence-corrected chi connectivity index (χ2v) is 7.84. The van der Waals surface area contributed by atoms with Crippen molar-refractivity contribution in [3.05, 3.63) is 109 Å². The predicted molar refractivity (Wildman–Crippen MR) is 144 cm³/mol. The number of carbonyl (C=O) groups is 3. The molecule has 11 heteroatoms. The first kappa shape index (κ1) is 25.6. The van der Waals surface area contributed by atoms with E-state index >= 15 is 0 Å². The molecule has 0 bridgehead atoms. The molecule has 0 aliphatic heterocycles. The van der Waals surface area contributed by atoms with Gasteiger partial charge >= 0.3 is 18.1 Å². The number of urea groups is 3. The maximum Gasteiger partial charge on any atom is 0.323 e. The molecule has 0 aromatic heterocycles. The fourth-order valence-corrected chi connectivity index (χ4v) is 3.31. The molecule has 4 aromatic rings. The lowest BCUT2D eigenvalue weighted by Crippen LogP contribution is -2.24. The zero-order chi connectivity index (χ0) is 26.9. The van der Waals surface area contributed by atoms with E-state index in [-0.39, 0.29) is 0 Å². The lowest BCUT2D eigenvalue weighted by Gasteiger charge is -2.15. The largest absolute Gasteiger partial charge is 0.323 e. The van der Waals surface area contributed by atoms with Gasteiger partial charge in [0.05, 0.1) is 22.7 Å². The number of anilines is 6. The van der Waals surface area contributed by atoms with Crippen LogP contribution in [0, 0.1) is 11.6 Å². The minimum Gasteiger partial charge on any atom is -0.308 e. The summed E-state index contributed by atoms with van der Waals surface area (Å²) in [5, 5.41) is 15.7. The normalized spacial score (nSPS) is 10.2. The number of carbonyl (C=O) groups excluding carboxylic acids is 3. The molecule has 4 aromatic carbocycles. The van der Waals surface area contributed by atoms with E-state index in [4.69, 9.17) is 0 Å². The molecular formula is C27H22F2N6O3. The van der Waals surface area contributed by atoms with Crippen molar-refractivity contribution in [1.29, 1.82) is 0 Å². The fourth-order valence-electron chi connectivity index (χ4n) is 3.31. The summed E-state index contributed by atoms with van der Waals surface area (Å²) in [6.07, 6.45) is 0. The number of benzene rings is 4. The van der Waals surface area contributed by atoms with Crippen molar-refractivity contribution in [3.8, 4) is 0 Å². The van der Waals surface area contributed by atoms with Crippen LogP contribution >= 0.6 is 0 Å². The molecule has 0 aliphatic carbocycles. The molecule has 0 atom stereocenters. The molecule has 6 amide bonds. The Morgan fingerprint density at radius 2 is 0.658 bits per heavy atom. The van der Waals surface area contributed by atoms with Gasteiger partial charge in [0.2, 0.25) is 0 Å². The zero-order valence-corrected chi connectivity index (χ0v) is 19.7. The molecule has 0 spiro atoms. The Bertz CT molecular complexity index is 1340. The van der Waals surface area contributed by atoms with Crippen LogP contribution in [0.4, 0.5) is 57.3 Å². The minimum atomic E-state index is -0.633. The topological polar surface area (TPSA) is 123 Å². The van der Waals surface area contributed by atoms with E-state index in [1.165, 1.54) is 48.5 Å². The van der Waals surface area contributed by atoms with E-state index in [1.807, 2.05) is 0 Å². The van der Waals surface area contributed by atoms with Crippen LogP contribution in [0.15, 0.2) is 97.1 Å². The number of hydrogen-bond acceptors (Lipinski definition) is 3. The van der Waals surface area contributed by atoms with Crippen LogP contribution in [0.25, 0.3) is 0 Å². The molecule has 0 unspecified atom stereocenters.